The van der Waals surface area contributed by atoms with Crippen LogP contribution in [0.1, 0.15) is 63.2 Å². The largest absolute Gasteiger partial charge is 0.494 e. The molecule has 0 aliphatic carbocycles. The fraction of sp³-hybridized carbons (Fsp3) is 0.458. The normalized spacial score (nSPS) is 10.7. The first kappa shape index (κ1) is 21.8. The minimum atomic E-state index is -0.145. The fourth-order valence-electron chi connectivity index (χ4n) is 2.70. The predicted octanol–water partition coefficient (Wildman–Crippen LogP) is 6.32. The summed E-state index contributed by atoms with van der Waals surface area (Å²) in [5, 5.41) is 2.92. The smallest absolute Gasteiger partial charge is 0.255 e. The van der Waals surface area contributed by atoms with Gasteiger partial charge in [0.2, 0.25) is 0 Å². The van der Waals surface area contributed by atoms with Gasteiger partial charge in [0.05, 0.1) is 13.2 Å². The number of carbonyl (C=O) groups is 1. The third kappa shape index (κ3) is 8.03. The summed E-state index contributed by atoms with van der Waals surface area (Å²) in [6.07, 6.45) is 5.72. The van der Waals surface area contributed by atoms with Crippen LogP contribution in [0.2, 0.25) is 0 Å². The number of unbranched alkanes of at least 4 members (excludes halogenated alkanes) is 3. The molecule has 0 heterocycles. The maximum absolute atomic E-state index is 12.5. The van der Waals surface area contributed by atoms with Crippen LogP contribution in [0, 0.1) is 5.92 Å². The Morgan fingerprint density at radius 3 is 2.39 bits per heavy atom. The van der Waals surface area contributed by atoms with E-state index in [-0.39, 0.29) is 5.91 Å². The number of rotatable bonds is 12. The van der Waals surface area contributed by atoms with Crippen molar-refractivity contribution in [2.45, 2.75) is 52.9 Å². The third-order valence-electron chi connectivity index (χ3n) is 4.44. The number of benzene rings is 2. The van der Waals surface area contributed by atoms with E-state index in [9.17, 15) is 4.79 Å². The summed E-state index contributed by atoms with van der Waals surface area (Å²) in [5.41, 5.74) is 1.33. The lowest BCUT2D eigenvalue weighted by Crippen LogP contribution is -2.12. The number of hydrogen-bond donors (Lipinski definition) is 1. The van der Waals surface area contributed by atoms with Gasteiger partial charge in [-0.05, 0) is 55.2 Å². The zero-order valence-electron chi connectivity index (χ0n) is 17.4. The van der Waals surface area contributed by atoms with Gasteiger partial charge in [-0.1, -0.05) is 46.1 Å². The van der Waals surface area contributed by atoms with Crippen molar-refractivity contribution in [3.05, 3.63) is 54.1 Å². The summed E-state index contributed by atoms with van der Waals surface area (Å²) in [4.78, 5) is 12.5. The van der Waals surface area contributed by atoms with Crippen molar-refractivity contribution in [2.75, 3.05) is 18.5 Å². The van der Waals surface area contributed by atoms with Crippen LogP contribution in [0.15, 0.2) is 48.5 Å². The highest BCUT2D eigenvalue weighted by Gasteiger charge is 2.07. The number of carbonyl (C=O) groups excluding carboxylic acids is 1. The van der Waals surface area contributed by atoms with Gasteiger partial charge in [-0.25, -0.2) is 0 Å². The van der Waals surface area contributed by atoms with Gasteiger partial charge in [0.1, 0.15) is 11.5 Å². The molecule has 0 unspecified atom stereocenters. The van der Waals surface area contributed by atoms with Gasteiger partial charge in [0.25, 0.3) is 5.91 Å². The molecule has 4 heteroatoms. The van der Waals surface area contributed by atoms with Crippen molar-refractivity contribution in [3.63, 3.8) is 0 Å². The molecule has 1 N–H and O–H groups in total. The molecule has 0 radical (unpaired) electrons. The molecule has 2 aromatic carbocycles. The highest BCUT2D eigenvalue weighted by Crippen LogP contribution is 2.20. The average molecular weight is 384 g/mol. The zero-order chi connectivity index (χ0) is 20.2. The lowest BCUT2D eigenvalue weighted by atomic mass is 10.1. The standard InChI is InChI=1S/C24H33NO3/c1-4-5-6-7-16-27-22-13-11-20(12-14-22)24(26)25-21-9-8-10-23(18-21)28-17-15-19(2)3/h8-14,18-19H,4-7,15-17H2,1-3H3,(H,25,26). The number of nitrogens with one attached hydrogen (secondary N) is 1. The van der Waals surface area contributed by atoms with Crippen molar-refractivity contribution in [2.24, 2.45) is 5.92 Å². The van der Waals surface area contributed by atoms with Crippen LogP contribution < -0.4 is 14.8 Å². The van der Waals surface area contributed by atoms with Crippen LogP contribution in [0.5, 0.6) is 11.5 Å². The molecule has 0 fully saturated rings. The summed E-state index contributed by atoms with van der Waals surface area (Å²) in [6.45, 7) is 7.93. The van der Waals surface area contributed by atoms with Crippen LogP contribution in [0.25, 0.3) is 0 Å². The average Bonchev–Trinajstić information content (AvgIpc) is 2.68. The van der Waals surface area contributed by atoms with Crippen LogP contribution in [0.3, 0.4) is 0 Å². The first-order valence-electron chi connectivity index (χ1n) is 10.4. The topological polar surface area (TPSA) is 47.6 Å². The first-order chi connectivity index (χ1) is 13.6. The van der Waals surface area contributed by atoms with Crippen LogP contribution >= 0.6 is 0 Å². The second-order valence-electron chi connectivity index (χ2n) is 7.45. The summed E-state index contributed by atoms with van der Waals surface area (Å²) < 4.78 is 11.5. The van der Waals surface area contributed by atoms with Gasteiger partial charge in [-0.15, -0.1) is 0 Å². The van der Waals surface area contributed by atoms with Gasteiger partial charge < -0.3 is 14.8 Å². The minimum absolute atomic E-state index is 0.145. The lowest BCUT2D eigenvalue weighted by Gasteiger charge is -2.11. The fourth-order valence-corrected chi connectivity index (χ4v) is 2.70. The molecule has 0 saturated carbocycles. The summed E-state index contributed by atoms with van der Waals surface area (Å²) in [5.74, 6) is 2.03. The summed E-state index contributed by atoms with van der Waals surface area (Å²) in [6, 6.07) is 14.8. The van der Waals surface area contributed by atoms with E-state index >= 15 is 0 Å². The Morgan fingerprint density at radius 1 is 0.929 bits per heavy atom. The Labute approximate surface area is 169 Å². The minimum Gasteiger partial charge on any atom is -0.494 e. The Hall–Kier alpha value is -2.49. The van der Waals surface area contributed by atoms with E-state index in [4.69, 9.17) is 9.47 Å². The molecule has 1 amide bonds. The Kier molecular flexibility index (Phi) is 9.40. The maximum Gasteiger partial charge on any atom is 0.255 e. The molecule has 0 spiro atoms. The lowest BCUT2D eigenvalue weighted by molar-refractivity contribution is 0.102. The monoisotopic (exact) mass is 383 g/mol. The summed E-state index contributed by atoms with van der Waals surface area (Å²) in [7, 11) is 0. The number of ether oxygens (including phenoxy) is 2. The van der Waals surface area contributed by atoms with E-state index in [1.165, 1.54) is 19.3 Å². The van der Waals surface area contributed by atoms with Crippen molar-refractivity contribution >= 4 is 11.6 Å². The quantitative estimate of drug-likeness (QED) is 0.436. The van der Waals surface area contributed by atoms with Crippen LogP contribution in [0.4, 0.5) is 5.69 Å². The number of anilines is 1. The van der Waals surface area contributed by atoms with Crippen LogP contribution in [-0.4, -0.2) is 19.1 Å². The molecule has 4 nitrogen and oxygen atoms in total. The van der Waals surface area contributed by atoms with Crippen molar-refractivity contribution < 1.29 is 14.3 Å². The van der Waals surface area contributed by atoms with Gasteiger partial charge >= 0.3 is 0 Å². The Balaban J connectivity index is 1.83. The second kappa shape index (κ2) is 12.1. The Morgan fingerprint density at radius 2 is 1.68 bits per heavy atom. The highest BCUT2D eigenvalue weighted by molar-refractivity contribution is 6.04. The number of hydrogen-bond acceptors (Lipinski definition) is 3. The molecule has 2 aromatic rings. The molecule has 152 valence electrons. The molecular weight excluding hydrogens is 350 g/mol. The summed E-state index contributed by atoms with van der Waals surface area (Å²) >= 11 is 0. The van der Waals surface area contributed by atoms with Crippen molar-refractivity contribution in [1.29, 1.82) is 0 Å². The second-order valence-corrected chi connectivity index (χ2v) is 7.45. The molecule has 0 bridgehead atoms. The molecule has 0 saturated heterocycles. The predicted molar refractivity (Wildman–Crippen MR) is 115 cm³/mol. The maximum atomic E-state index is 12.5. The zero-order valence-corrected chi connectivity index (χ0v) is 17.4. The molecule has 2 rings (SSSR count). The van der Waals surface area contributed by atoms with E-state index in [0.717, 1.165) is 36.6 Å². The van der Waals surface area contributed by atoms with Gasteiger partial charge in [-0.2, -0.15) is 0 Å². The SMILES string of the molecule is CCCCCCOc1ccc(C(=O)Nc2cccc(OCCC(C)C)c2)cc1. The van der Waals surface area contributed by atoms with E-state index in [0.29, 0.717) is 18.1 Å². The van der Waals surface area contributed by atoms with Crippen molar-refractivity contribution in [3.8, 4) is 11.5 Å². The van der Waals surface area contributed by atoms with E-state index < -0.39 is 0 Å². The van der Waals surface area contributed by atoms with Gasteiger partial charge in [-0.3, -0.25) is 4.79 Å². The molecular formula is C24H33NO3. The molecule has 28 heavy (non-hydrogen) atoms. The Bertz CT molecular complexity index is 710. The molecule has 0 atom stereocenters. The highest BCUT2D eigenvalue weighted by atomic mass is 16.5. The third-order valence-corrected chi connectivity index (χ3v) is 4.44. The van der Waals surface area contributed by atoms with Crippen LogP contribution in [-0.2, 0) is 0 Å². The van der Waals surface area contributed by atoms with Gasteiger partial charge in [0, 0.05) is 17.3 Å². The van der Waals surface area contributed by atoms with E-state index in [1.54, 1.807) is 12.1 Å². The van der Waals surface area contributed by atoms with Crippen molar-refractivity contribution in [1.82, 2.24) is 0 Å². The molecule has 0 aliphatic heterocycles. The molecule has 0 aromatic heterocycles. The van der Waals surface area contributed by atoms with E-state index in [2.05, 4.69) is 26.1 Å². The first-order valence-corrected chi connectivity index (χ1v) is 10.4. The number of amides is 1. The van der Waals surface area contributed by atoms with E-state index in [1.807, 2.05) is 36.4 Å². The molecule has 0 aliphatic rings. The van der Waals surface area contributed by atoms with Gasteiger partial charge in [0.15, 0.2) is 0 Å².